The lowest BCUT2D eigenvalue weighted by Crippen LogP contribution is -2.34. The number of likely N-dealkylation sites (N-methyl/N-ethyl adjacent to an activating group) is 1. The van der Waals surface area contributed by atoms with Crippen molar-refractivity contribution in [1.29, 1.82) is 0 Å². The maximum Gasteiger partial charge on any atom is 0.354 e. The van der Waals surface area contributed by atoms with Crippen molar-refractivity contribution in [2.45, 2.75) is 26.3 Å². The van der Waals surface area contributed by atoms with E-state index in [0.29, 0.717) is 5.92 Å². The number of nitrogens with zero attached hydrogens (tertiary/aromatic N) is 4. The number of hydrogen-bond donors (Lipinski definition) is 3. The number of nitrogens with one attached hydrogen (secondary N) is 2. The van der Waals surface area contributed by atoms with Crippen LogP contribution in [0.3, 0.4) is 0 Å². The van der Waals surface area contributed by atoms with Gasteiger partial charge in [-0.05, 0) is 26.4 Å². The van der Waals surface area contributed by atoms with E-state index in [9.17, 15) is 10.1 Å². The molecule has 118 valence electrons. The normalized spacial score (nSPS) is 12.5. The quantitative estimate of drug-likeness (QED) is 0.370. The molecule has 9 heteroatoms. The molecule has 0 aliphatic rings. The Kier molecular flexibility index (Phi) is 6.25. The Morgan fingerprint density at radius 3 is 2.48 bits per heavy atom. The Labute approximate surface area is 124 Å². The Hall–Kier alpha value is -2.00. The van der Waals surface area contributed by atoms with Gasteiger partial charge in [-0.3, -0.25) is 10.1 Å². The summed E-state index contributed by atoms with van der Waals surface area (Å²) in [6.45, 7) is 4.95. The lowest BCUT2D eigenvalue weighted by molar-refractivity contribution is -0.383. The monoisotopic (exact) mass is 297 g/mol. The van der Waals surface area contributed by atoms with Crippen LogP contribution in [0.2, 0.25) is 0 Å². The van der Waals surface area contributed by atoms with Crippen molar-refractivity contribution in [3.8, 4) is 0 Å². The smallest absolute Gasteiger partial charge is 0.354 e. The van der Waals surface area contributed by atoms with Crippen molar-refractivity contribution in [2.75, 3.05) is 31.4 Å². The lowest BCUT2D eigenvalue weighted by atomic mass is 10.0. The third-order valence-corrected chi connectivity index (χ3v) is 2.82. The zero-order valence-electron chi connectivity index (χ0n) is 12.8. The second kappa shape index (κ2) is 7.70. The maximum absolute atomic E-state index is 11.2. The first-order chi connectivity index (χ1) is 9.85. The van der Waals surface area contributed by atoms with Gasteiger partial charge < -0.3 is 15.6 Å². The number of nitro groups is 1. The van der Waals surface area contributed by atoms with Gasteiger partial charge in [-0.15, -0.1) is 0 Å². The van der Waals surface area contributed by atoms with E-state index >= 15 is 0 Å². The minimum absolute atomic E-state index is 0.00866. The summed E-state index contributed by atoms with van der Waals surface area (Å²) in [5.41, 5.74) is 1.99. The first kappa shape index (κ1) is 17.1. The number of nitrogens with two attached hydrogens (primary N) is 1. The third-order valence-electron chi connectivity index (χ3n) is 2.82. The fourth-order valence-electron chi connectivity index (χ4n) is 2.15. The number of hydrazine groups is 1. The molecular formula is C12H23N7O2. The zero-order valence-corrected chi connectivity index (χ0v) is 12.8. The molecule has 0 saturated heterocycles. The van der Waals surface area contributed by atoms with Crippen LogP contribution >= 0.6 is 0 Å². The van der Waals surface area contributed by atoms with Crippen molar-refractivity contribution < 1.29 is 4.92 Å². The first-order valence-corrected chi connectivity index (χ1v) is 6.72. The van der Waals surface area contributed by atoms with Crippen molar-refractivity contribution in [2.24, 2.45) is 11.8 Å². The van der Waals surface area contributed by atoms with Gasteiger partial charge in [0.1, 0.15) is 6.33 Å². The molecule has 1 heterocycles. The molecule has 1 atom stereocenters. The highest BCUT2D eigenvalue weighted by molar-refractivity contribution is 5.69. The van der Waals surface area contributed by atoms with Crippen LogP contribution in [-0.4, -0.2) is 46.5 Å². The number of hydrogen-bond acceptors (Lipinski definition) is 8. The summed E-state index contributed by atoms with van der Waals surface area (Å²) >= 11 is 0. The van der Waals surface area contributed by atoms with Gasteiger partial charge in [0.2, 0.25) is 11.6 Å². The highest BCUT2D eigenvalue weighted by Crippen LogP contribution is 2.29. The second-order valence-electron chi connectivity index (χ2n) is 5.55. The fourth-order valence-corrected chi connectivity index (χ4v) is 2.15. The molecule has 0 aromatic carbocycles. The molecule has 0 aliphatic heterocycles. The number of aromatic nitrogens is 2. The number of rotatable bonds is 8. The van der Waals surface area contributed by atoms with Crippen LogP contribution in [0.5, 0.6) is 0 Å². The number of nitrogen functional groups attached to an aromatic ring is 1. The maximum atomic E-state index is 11.2. The van der Waals surface area contributed by atoms with E-state index in [4.69, 9.17) is 5.84 Å². The van der Waals surface area contributed by atoms with Crippen molar-refractivity contribution in [1.82, 2.24) is 14.9 Å². The Morgan fingerprint density at radius 1 is 1.38 bits per heavy atom. The summed E-state index contributed by atoms with van der Waals surface area (Å²) in [7, 11) is 3.91. The topological polar surface area (TPSA) is 122 Å². The zero-order chi connectivity index (χ0) is 16.0. The van der Waals surface area contributed by atoms with E-state index in [1.165, 1.54) is 6.33 Å². The minimum Gasteiger partial charge on any atom is -0.360 e. The van der Waals surface area contributed by atoms with Crippen LogP contribution in [-0.2, 0) is 0 Å². The molecule has 0 fully saturated rings. The third kappa shape index (κ3) is 5.12. The fraction of sp³-hybridized carbons (Fsp3) is 0.667. The average molecular weight is 297 g/mol. The van der Waals surface area contributed by atoms with Gasteiger partial charge in [0.25, 0.3) is 0 Å². The summed E-state index contributed by atoms with van der Waals surface area (Å²) in [6.07, 6.45) is 2.11. The number of anilines is 2. The first-order valence-electron chi connectivity index (χ1n) is 6.72. The highest BCUT2D eigenvalue weighted by Gasteiger charge is 2.24. The predicted octanol–water partition coefficient (Wildman–Crippen LogP) is 1.06. The van der Waals surface area contributed by atoms with Crippen LogP contribution in [0.4, 0.5) is 17.3 Å². The van der Waals surface area contributed by atoms with Gasteiger partial charge in [-0.1, -0.05) is 13.8 Å². The Morgan fingerprint density at radius 2 is 2.00 bits per heavy atom. The summed E-state index contributed by atoms with van der Waals surface area (Å²) < 4.78 is 0. The van der Waals surface area contributed by atoms with Gasteiger partial charge in [-0.2, -0.15) is 0 Å². The molecule has 0 bridgehead atoms. The SMILES string of the molecule is CC(C)CC(CN(C)C)Nc1ncnc(NN)c1[N+](=O)[O-]. The molecule has 1 aromatic rings. The molecular weight excluding hydrogens is 274 g/mol. The molecule has 1 aromatic heterocycles. The molecule has 0 aliphatic carbocycles. The minimum atomic E-state index is -0.542. The molecule has 0 saturated carbocycles. The van der Waals surface area contributed by atoms with Gasteiger partial charge in [0, 0.05) is 12.6 Å². The van der Waals surface area contributed by atoms with Gasteiger partial charge in [0.05, 0.1) is 4.92 Å². The average Bonchev–Trinajstić information content (AvgIpc) is 2.36. The molecule has 9 nitrogen and oxygen atoms in total. The van der Waals surface area contributed by atoms with Crippen LogP contribution < -0.4 is 16.6 Å². The largest absolute Gasteiger partial charge is 0.360 e. The molecule has 1 rings (SSSR count). The summed E-state index contributed by atoms with van der Waals surface area (Å²) in [5.74, 6) is 5.89. The molecule has 1 unspecified atom stereocenters. The van der Waals surface area contributed by atoms with Crippen LogP contribution in [0.15, 0.2) is 6.33 Å². The van der Waals surface area contributed by atoms with Crippen molar-refractivity contribution >= 4 is 17.3 Å². The van der Waals surface area contributed by atoms with E-state index in [0.717, 1.165) is 13.0 Å². The van der Waals surface area contributed by atoms with Crippen molar-refractivity contribution in [3.05, 3.63) is 16.4 Å². The Bertz CT molecular complexity index is 469. The van der Waals surface area contributed by atoms with Crippen molar-refractivity contribution in [3.63, 3.8) is 0 Å². The molecule has 0 spiro atoms. The summed E-state index contributed by atoms with van der Waals surface area (Å²) in [4.78, 5) is 20.4. The molecule has 0 radical (unpaired) electrons. The highest BCUT2D eigenvalue weighted by atomic mass is 16.6. The van der Waals surface area contributed by atoms with E-state index in [1.807, 2.05) is 19.0 Å². The van der Waals surface area contributed by atoms with Gasteiger partial charge in [0.15, 0.2) is 0 Å². The van der Waals surface area contributed by atoms with E-state index in [2.05, 4.69) is 34.6 Å². The van der Waals surface area contributed by atoms with Gasteiger partial charge >= 0.3 is 5.69 Å². The summed E-state index contributed by atoms with van der Waals surface area (Å²) in [5, 5.41) is 14.3. The molecule has 21 heavy (non-hydrogen) atoms. The summed E-state index contributed by atoms with van der Waals surface area (Å²) in [6, 6.07) is 0.0409. The van der Waals surface area contributed by atoms with E-state index in [1.54, 1.807) is 0 Å². The molecule has 0 amide bonds. The van der Waals surface area contributed by atoms with Crippen LogP contribution in [0, 0.1) is 16.0 Å². The van der Waals surface area contributed by atoms with Crippen LogP contribution in [0.25, 0.3) is 0 Å². The second-order valence-corrected chi connectivity index (χ2v) is 5.55. The standard InChI is InChI=1S/C12H23N7O2/c1-8(2)5-9(6-18(3)4)16-11-10(19(20)21)12(17-13)15-7-14-11/h7-9H,5-6,13H2,1-4H3,(H2,14,15,16,17). The van der Waals surface area contributed by atoms with E-state index < -0.39 is 4.92 Å². The van der Waals surface area contributed by atoms with E-state index in [-0.39, 0.29) is 23.4 Å². The van der Waals surface area contributed by atoms with Gasteiger partial charge in [-0.25, -0.2) is 15.8 Å². The molecule has 4 N–H and O–H groups in total. The predicted molar refractivity (Wildman–Crippen MR) is 81.9 cm³/mol. The van der Waals surface area contributed by atoms with Crippen LogP contribution in [0.1, 0.15) is 20.3 Å². The lowest BCUT2D eigenvalue weighted by Gasteiger charge is -2.24. The Balaban J connectivity index is 3.04.